The highest BCUT2D eigenvalue weighted by molar-refractivity contribution is 4.68. The van der Waals surface area contributed by atoms with Crippen molar-refractivity contribution in [2.75, 3.05) is 19.6 Å². The summed E-state index contributed by atoms with van der Waals surface area (Å²) in [6, 6.07) is 0. The molecule has 2 N–H and O–H groups in total. The SMILES string of the molecule is CCCCCCCCCCC(O)CN(CCC(C)C)CC(C)O. The van der Waals surface area contributed by atoms with E-state index < -0.39 is 0 Å². The van der Waals surface area contributed by atoms with Crippen LogP contribution in [0.2, 0.25) is 0 Å². The molecule has 140 valence electrons. The van der Waals surface area contributed by atoms with Gasteiger partial charge in [0, 0.05) is 13.1 Å². The van der Waals surface area contributed by atoms with Gasteiger partial charge in [-0.25, -0.2) is 0 Å². The van der Waals surface area contributed by atoms with Crippen molar-refractivity contribution in [1.29, 1.82) is 0 Å². The van der Waals surface area contributed by atoms with Crippen LogP contribution < -0.4 is 0 Å². The average molecular weight is 330 g/mol. The molecule has 0 spiro atoms. The van der Waals surface area contributed by atoms with Crippen LogP contribution in [0.3, 0.4) is 0 Å². The highest BCUT2D eigenvalue weighted by Gasteiger charge is 2.14. The van der Waals surface area contributed by atoms with E-state index in [4.69, 9.17) is 0 Å². The van der Waals surface area contributed by atoms with Gasteiger partial charge in [0.2, 0.25) is 0 Å². The topological polar surface area (TPSA) is 43.7 Å². The lowest BCUT2D eigenvalue weighted by atomic mass is 10.0. The Morgan fingerprint density at radius 1 is 0.739 bits per heavy atom. The Hall–Kier alpha value is -0.120. The molecule has 0 aliphatic heterocycles. The molecule has 0 saturated heterocycles. The smallest absolute Gasteiger partial charge is 0.0667 e. The van der Waals surface area contributed by atoms with Gasteiger partial charge in [-0.15, -0.1) is 0 Å². The first-order valence-corrected chi connectivity index (χ1v) is 10.0. The van der Waals surface area contributed by atoms with Crippen LogP contribution in [0.5, 0.6) is 0 Å². The third-order valence-electron chi connectivity index (χ3n) is 4.40. The molecule has 0 radical (unpaired) electrons. The fourth-order valence-corrected chi connectivity index (χ4v) is 2.97. The highest BCUT2D eigenvalue weighted by atomic mass is 16.3. The van der Waals surface area contributed by atoms with Crippen LogP contribution in [0.4, 0.5) is 0 Å². The Labute approximate surface area is 145 Å². The maximum Gasteiger partial charge on any atom is 0.0667 e. The Kier molecular flexibility index (Phi) is 15.3. The number of nitrogens with zero attached hydrogens (tertiary/aromatic N) is 1. The molecule has 0 aromatic heterocycles. The zero-order valence-corrected chi connectivity index (χ0v) is 16.3. The second-order valence-electron chi connectivity index (χ2n) is 7.71. The van der Waals surface area contributed by atoms with E-state index in [-0.39, 0.29) is 12.2 Å². The summed E-state index contributed by atoms with van der Waals surface area (Å²) in [6.07, 6.45) is 11.9. The molecule has 3 heteroatoms. The summed E-state index contributed by atoms with van der Waals surface area (Å²) in [4.78, 5) is 2.22. The summed E-state index contributed by atoms with van der Waals surface area (Å²) in [7, 11) is 0. The van der Waals surface area contributed by atoms with Gasteiger partial charge in [0.15, 0.2) is 0 Å². The van der Waals surface area contributed by atoms with Crippen molar-refractivity contribution in [2.24, 2.45) is 5.92 Å². The van der Waals surface area contributed by atoms with E-state index in [9.17, 15) is 10.2 Å². The third kappa shape index (κ3) is 16.5. The molecule has 0 aromatic carbocycles. The predicted octanol–water partition coefficient (Wildman–Crippen LogP) is 4.61. The zero-order chi connectivity index (χ0) is 17.5. The third-order valence-corrected chi connectivity index (χ3v) is 4.40. The summed E-state index contributed by atoms with van der Waals surface area (Å²) in [5.41, 5.74) is 0. The molecule has 0 aliphatic rings. The quantitative estimate of drug-likeness (QED) is 0.407. The monoisotopic (exact) mass is 329 g/mol. The van der Waals surface area contributed by atoms with Crippen molar-refractivity contribution in [3.8, 4) is 0 Å². The van der Waals surface area contributed by atoms with E-state index in [0.717, 1.165) is 25.8 Å². The minimum atomic E-state index is -0.322. The number of aliphatic hydroxyl groups excluding tert-OH is 2. The van der Waals surface area contributed by atoms with Crippen LogP contribution >= 0.6 is 0 Å². The molecule has 0 aromatic rings. The van der Waals surface area contributed by atoms with Crippen molar-refractivity contribution in [1.82, 2.24) is 4.90 Å². The Morgan fingerprint density at radius 2 is 1.30 bits per heavy atom. The molecular formula is C20H43NO2. The van der Waals surface area contributed by atoms with Crippen LogP contribution in [0.15, 0.2) is 0 Å². The van der Waals surface area contributed by atoms with Crippen LogP contribution in [0.1, 0.15) is 91.9 Å². The lowest BCUT2D eigenvalue weighted by Gasteiger charge is -2.27. The summed E-state index contributed by atoms with van der Waals surface area (Å²) >= 11 is 0. The Morgan fingerprint density at radius 3 is 1.83 bits per heavy atom. The molecule has 0 fully saturated rings. The minimum Gasteiger partial charge on any atom is -0.392 e. The number of hydrogen-bond acceptors (Lipinski definition) is 3. The first-order chi connectivity index (χ1) is 11.0. The van der Waals surface area contributed by atoms with Gasteiger partial charge in [0.25, 0.3) is 0 Å². The van der Waals surface area contributed by atoms with Gasteiger partial charge in [-0.05, 0) is 32.2 Å². The van der Waals surface area contributed by atoms with Crippen molar-refractivity contribution in [2.45, 2.75) is 104 Å². The molecule has 23 heavy (non-hydrogen) atoms. The molecule has 0 amide bonds. The summed E-state index contributed by atoms with van der Waals surface area (Å²) in [5, 5.41) is 19.9. The molecule has 2 atom stereocenters. The predicted molar refractivity (Wildman–Crippen MR) is 101 cm³/mol. The van der Waals surface area contributed by atoms with Crippen LogP contribution in [0, 0.1) is 5.92 Å². The molecular weight excluding hydrogens is 286 g/mol. The molecule has 0 saturated carbocycles. The van der Waals surface area contributed by atoms with Crippen LogP contribution in [-0.2, 0) is 0 Å². The minimum absolute atomic E-state index is 0.249. The van der Waals surface area contributed by atoms with E-state index >= 15 is 0 Å². The maximum atomic E-state index is 10.2. The van der Waals surface area contributed by atoms with Gasteiger partial charge in [-0.3, -0.25) is 4.90 Å². The number of rotatable bonds is 16. The van der Waals surface area contributed by atoms with Crippen molar-refractivity contribution in [3.05, 3.63) is 0 Å². The van der Waals surface area contributed by atoms with Crippen molar-refractivity contribution in [3.63, 3.8) is 0 Å². The molecule has 0 bridgehead atoms. The molecule has 0 heterocycles. The summed E-state index contributed by atoms with van der Waals surface area (Å²) in [5.74, 6) is 0.663. The normalized spacial score (nSPS) is 14.6. The van der Waals surface area contributed by atoms with Crippen molar-refractivity contribution < 1.29 is 10.2 Å². The van der Waals surface area contributed by atoms with Gasteiger partial charge < -0.3 is 10.2 Å². The van der Waals surface area contributed by atoms with Gasteiger partial charge >= 0.3 is 0 Å². The molecule has 2 unspecified atom stereocenters. The molecule has 0 aliphatic carbocycles. The maximum absolute atomic E-state index is 10.2. The van der Waals surface area contributed by atoms with E-state index in [2.05, 4.69) is 25.7 Å². The first kappa shape index (κ1) is 22.9. The standard InChI is InChI=1S/C20H43NO2/c1-5-6-7-8-9-10-11-12-13-20(23)17-21(16-19(4)22)15-14-18(2)3/h18-20,22-23H,5-17H2,1-4H3. The number of hydrogen-bond donors (Lipinski definition) is 2. The highest BCUT2D eigenvalue weighted by Crippen LogP contribution is 2.12. The van der Waals surface area contributed by atoms with Gasteiger partial charge in [-0.1, -0.05) is 72.1 Å². The van der Waals surface area contributed by atoms with E-state index in [1.165, 1.54) is 44.9 Å². The Balaban J connectivity index is 3.74. The fourth-order valence-electron chi connectivity index (χ4n) is 2.97. The van der Waals surface area contributed by atoms with Crippen LogP contribution in [0.25, 0.3) is 0 Å². The van der Waals surface area contributed by atoms with Crippen molar-refractivity contribution >= 4 is 0 Å². The summed E-state index contributed by atoms with van der Waals surface area (Å²) < 4.78 is 0. The number of unbranched alkanes of at least 4 members (excludes halogenated alkanes) is 7. The van der Waals surface area contributed by atoms with E-state index in [0.29, 0.717) is 19.0 Å². The fraction of sp³-hybridized carbons (Fsp3) is 1.00. The average Bonchev–Trinajstić information content (AvgIpc) is 2.47. The molecule has 0 rings (SSSR count). The lowest BCUT2D eigenvalue weighted by Crippen LogP contribution is -2.38. The van der Waals surface area contributed by atoms with Gasteiger partial charge in [0.05, 0.1) is 12.2 Å². The lowest BCUT2D eigenvalue weighted by molar-refractivity contribution is 0.0683. The van der Waals surface area contributed by atoms with E-state index in [1.807, 2.05) is 6.92 Å². The van der Waals surface area contributed by atoms with Gasteiger partial charge in [-0.2, -0.15) is 0 Å². The molecule has 3 nitrogen and oxygen atoms in total. The zero-order valence-electron chi connectivity index (χ0n) is 16.3. The second-order valence-corrected chi connectivity index (χ2v) is 7.71. The second kappa shape index (κ2) is 15.4. The largest absolute Gasteiger partial charge is 0.392 e. The Bertz CT molecular complexity index is 244. The first-order valence-electron chi connectivity index (χ1n) is 10.0. The van der Waals surface area contributed by atoms with Gasteiger partial charge in [0.1, 0.15) is 0 Å². The summed E-state index contributed by atoms with van der Waals surface area (Å²) in [6.45, 7) is 10.9. The van der Waals surface area contributed by atoms with Crippen LogP contribution in [-0.4, -0.2) is 47.0 Å². The number of aliphatic hydroxyl groups is 2. The van der Waals surface area contributed by atoms with E-state index in [1.54, 1.807) is 0 Å².